The van der Waals surface area contributed by atoms with Crippen LogP contribution in [-0.2, 0) is 18.3 Å². The van der Waals surface area contributed by atoms with Gasteiger partial charge in [0.05, 0.1) is 11.6 Å². The number of carboxylic acids is 1. The first kappa shape index (κ1) is 14.2. The van der Waals surface area contributed by atoms with E-state index in [1.807, 2.05) is 6.92 Å². The van der Waals surface area contributed by atoms with E-state index in [1.54, 1.807) is 27.0 Å². The Labute approximate surface area is 106 Å². The zero-order valence-corrected chi connectivity index (χ0v) is 11.1. The molecule has 0 bridgehead atoms. The van der Waals surface area contributed by atoms with Gasteiger partial charge in [-0.3, -0.25) is 14.3 Å². The second-order valence-electron chi connectivity index (χ2n) is 4.39. The molecule has 0 aromatic carbocycles. The van der Waals surface area contributed by atoms with Gasteiger partial charge in [0.2, 0.25) is 0 Å². The van der Waals surface area contributed by atoms with Crippen molar-refractivity contribution in [2.45, 2.75) is 33.2 Å². The lowest BCUT2D eigenvalue weighted by Gasteiger charge is -2.17. The minimum Gasteiger partial charge on any atom is -0.481 e. The van der Waals surface area contributed by atoms with E-state index in [0.717, 1.165) is 12.1 Å². The Kier molecular flexibility index (Phi) is 4.47. The van der Waals surface area contributed by atoms with Crippen LogP contribution in [0.15, 0.2) is 6.07 Å². The summed E-state index contributed by atoms with van der Waals surface area (Å²) in [5.74, 6) is -1.86. The van der Waals surface area contributed by atoms with Crippen LogP contribution in [0.2, 0.25) is 0 Å². The number of carbonyl (C=O) groups is 2. The van der Waals surface area contributed by atoms with Crippen molar-refractivity contribution in [1.82, 2.24) is 15.1 Å². The minimum atomic E-state index is -0.929. The third kappa shape index (κ3) is 3.09. The molecular weight excluding hydrogens is 234 g/mol. The van der Waals surface area contributed by atoms with Gasteiger partial charge in [-0.15, -0.1) is 0 Å². The summed E-state index contributed by atoms with van der Waals surface area (Å²) in [6, 6.07) is 1.28. The molecule has 18 heavy (non-hydrogen) atoms. The van der Waals surface area contributed by atoms with Crippen LogP contribution in [0.1, 0.15) is 37.0 Å². The minimum absolute atomic E-state index is 0.301. The van der Waals surface area contributed by atoms with Crippen LogP contribution < -0.4 is 5.32 Å². The van der Waals surface area contributed by atoms with Crippen molar-refractivity contribution in [2.24, 2.45) is 13.0 Å². The predicted molar refractivity (Wildman–Crippen MR) is 66.3 cm³/mol. The van der Waals surface area contributed by atoms with Gasteiger partial charge in [0.1, 0.15) is 5.69 Å². The van der Waals surface area contributed by atoms with Crippen LogP contribution in [0.3, 0.4) is 0 Å². The molecule has 2 unspecified atom stereocenters. The monoisotopic (exact) mass is 253 g/mol. The number of rotatable bonds is 5. The van der Waals surface area contributed by atoms with Gasteiger partial charge >= 0.3 is 5.97 Å². The molecule has 6 heteroatoms. The zero-order valence-electron chi connectivity index (χ0n) is 11.1. The molecule has 0 saturated carbocycles. The Bertz CT molecular complexity index is 453. The maximum Gasteiger partial charge on any atom is 0.308 e. The van der Waals surface area contributed by atoms with Gasteiger partial charge in [-0.25, -0.2) is 0 Å². The number of nitrogens with one attached hydrogen (secondary N) is 1. The highest BCUT2D eigenvalue weighted by molar-refractivity contribution is 5.93. The number of carbonyl (C=O) groups excluding carboxylic acids is 1. The molecule has 6 nitrogen and oxygen atoms in total. The SMILES string of the molecule is CCc1cc(C(=O)NC(C)C(C)C(=O)O)n(C)n1. The number of aromatic nitrogens is 2. The molecule has 1 aromatic heterocycles. The molecule has 0 aliphatic heterocycles. The van der Waals surface area contributed by atoms with Gasteiger partial charge in [0.15, 0.2) is 0 Å². The van der Waals surface area contributed by atoms with E-state index in [0.29, 0.717) is 5.69 Å². The molecule has 1 amide bonds. The standard InChI is InChI=1S/C12H19N3O3/c1-5-9-6-10(15(4)14-9)11(16)13-8(3)7(2)12(17)18/h6-8H,5H2,1-4H3,(H,13,16)(H,17,18). The van der Waals surface area contributed by atoms with Crippen LogP contribution in [-0.4, -0.2) is 32.8 Å². The topological polar surface area (TPSA) is 84.2 Å². The van der Waals surface area contributed by atoms with Crippen molar-refractivity contribution >= 4 is 11.9 Å². The number of hydrogen-bond donors (Lipinski definition) is 2. The molecule has 100 valence electrons. The Morgan fingerprint density at radius 3 is 2.56 bits per heavy atom. The normalized spacial score (nSPS) is 14.0. The summed E-state index contributed by atoms with van der Waals surface area (Å²) in [5.41, 5.74) is 1.28. The predicted octanol–water partition coefficient (Wildman–Crippen LogP) is 0.821. The Morgan fingerprint density at radius 1 is 1.50 bits per heavy atom. The van der Waals surface area contributed by atoms with Crippen LogP contribution in [0.4, 0.5) is 0 Å². The summed E-state index contributed by atoms with van der Waals surface area (Å²) in [5, 5.41) is 15.7. The van der Waals surface area contributed by atoms with Crippen LogP contribution >= 0.6 is 0 Å². The molecule has 1 heterocycles. The third-order valence-corrected chi connectivity index (χ3v) is 3.02. The molecule has 1 rings (SSSR count). The maximum atomic E-state index is 12.0. The summed E-state index contributed by atoms with van der Waals surface area (Å²) in [6.45, 7) is 5.20. The molecule has 0 radical (unpaired) electrons. The highest BCUT2D eigenvalue weighted by Gasteiger charge is 2.22. The van der Waals surface area contributed by atoms with Gasteiger partial charge in [0.25, 0.3) is 5.91 Å². The maximum absolute atomic E-state index is 12.0. The summed E-state index contributed by atoms with van der Waals surface area (Å²) in [6.07, 6.45) is 0.752. The van der Waals surface area contributed by atoms with E-state index < -0.39 is 17.9 Å². The van der Waals surface area contributed by atoms with E-state index in [-0.39, 0.29) is 5.91 Å². The molecule has 0 aliphatic carbocycles. The fourth-order valence-electron chi connectivity index (χ4n) is 1.53. The van der Waals surface area contributed by atoms with Gasteiger partial charge < -0.3 is 10.4 Å². The fraction of sp³-hybridized carbons (Fsp3) is 0.583. The Hall–Kier alpha value is -1.85. The van der Waals surface area contributed by atoms with Crippen molar-refractivity contribution in [3.63, 3.8) is 0 Å². The van der Waals surface area contributed by atoms with Gasteiger partial charge in [-0.2, -0.15) is 5.10 Å². The average Bonchev–Trinajstić information content (AvgIpc) is 2.69. The van der Waals surface area contributed by atoms with E-state index in [4.69, 9.17) is 5.11 Å². The Balaban J connectivity index is 2.76. The number of nitrogens with zero attached hydrogens (tertiary/aromatic N) is 2. The highest BCUT2D eigenvalue weighted by Crippen LogP contribution is 2.07. The summed E-state index contributed by atoms with van der Waals surface area (Å²) < 4.78 is 1.51. The first-order chi connectivity index (χ1) is 8.36. The Morgan fingerprint density at radius 2 is 2.11 bits per heavy atom. The molecule has 0 fully saturated rings. The number of aliphatic carboxylic acids is 1. The second kappa shape index (κ2) is 5.66. The molecule has 2 atom stereocenters. The largest absolute Gasteiger partial charge is 0.481 e. The van der Waals surface area contributed by atoms with Crippen molar-refractivity contribution in [3.05, 3.63) is 17.5 Å². The lowest BCUT2D eigenvalue weighted by Crippen LogP contribution is -2.40. The van der Waals surface area contributed by atoms with Crippen LogP contribution in [0.5, 0.6) is 0 Å². The van der Waals surface area contributed by atoms with Crippen molar-refractivity contribution in [3.8, 4) is 0 Å². The van der Waals surface area contributed by atoms with E-state index in [9.17, 15) is 9.59 Å². The third-order valence-electron chi connectivity index (χ3n) is 3.02. The lowest BCUT2D eigenvalue weighted by molar-refractivity contribution is -0.141. The van der Waals surface area contributed by atoms with Crippen molar-refractivity contribution in [2.75, 3.05) is 0 Å². The average molecular weight is 253 g/mol. The van der Waals surface area contributed by atoms with E-state index in [1.165, 1.54) is 4.68 Å². The van der Waals surface area contributed by atoms with E-state index in [2.05, 4.69) is 10.4 Å². The van der Waals surface area contributed by atoms with Gasteiger partial charge in [-0.1, -0.05) is 6.92 Å². The fourth-order valence-corrected chi connectivity index (χ4v) is 1.53. The highest BCUT2D eigenvalue weighted by atomic mass is 16.4. The quantitative estimate of drug-likeness (QED) is 0.813. The molecule has 0 saturated heterocycles. The number of carboxylic acid groups (broad SMARTS) is 1. The van der Waals surface area contributed by atoms with Crippen molar-refractivity contribution in [1.29, 1.82) is 0 Å². The summed E-state index contributed by atoms with van der Waals surface area (Å²) in [4.78, 5) is 22.8. The number of hydrogen-bond acceptors (Lipinski definition) is 3. The van der Waals surface area contributed by atoms with E-state index >= 15 is 0 Å². The number of amides is 1. The molecule has 2 N–H and O–H groups in total. The van der Waals surface area contributed by atoms with Gasteiger partial charge in [0, 0.05) is 13.1 Å². The van der Waals surface area contributed by atoms with Crippen molar-refractivity contribution < 1.29 is 14.7 Å². The van der Waals surface area contributed by atoms with Crippen LogP contribution in [0.25, 0.3) is 0 Å². The second-order valence-corrected chi connectivity index (χ2v) is 4.39. The molecule has 0 aliphatic rings. The molecular formula is C12H19N3O3. The first-order valence-electron chi connectivity index (χ1n) is 5.93. The van der Waals surface area contributed by atoms with Gasteiger partial charge in [-0.05, 0) is 26.3 Å². The lowest BCUT2D eigenvalue weighted by atomic mass is 10.0. The first-order valence-corrected chi connectivity index (χ1v) is 5.93. The zero-order chi connectivity index (χ0) is 13.9. The molecule has 0 spiro atoms. The summed E-state index contributed by atoms with van der Waals surface area (Å²) >= 11 is 0. The molecule has 1 aromatic rings. The smallest absolute Gasteiger partial charge is 0.308 e. The summed E-state index contributed by atoms with van der Waals surface area (Å²) in [7, 11) is 1.69. The van der Waals surface area contributed by atoms with Crippen LogP contribution in [0, 0.1) is 5.92 Å². The number of aryl methyl sites for hydroxylation is 2.